The summed E-state index contributed by atoms with van der Waals surface area (Å²) in [5.41, 5.74) is 0. The van der Waals surface area contributed by atoms with Crippen molar-refractivity contribution in [1.82, 2.24) is 5.32 Å². The summed E-state index contributed by atoms with van der Waals surface area (Å²) in [6, 6.07) is -1.01. The van der Waals surface area contributed by atoms with E-state index in [0.29, 0.717) is 12.8 Å². The van der Waals surface area contributed by atoms with E-state index in [1.807, 2.05) is 6.08 Å². The highest BCUT2D eigenvalue weighted by molar-refractivity contribution is 5.76. The molecule has 0 radical (unpaired) electrons. The highest BCUT2D eigenvalue weighted by Crippen LogP contribution is 2.33. The smallest absolute Gasteiger partial charge is 0.220 e. The Labute approximate surface area is 483 Å². The van der Waals surface area contributed by atoms with Crippen molar-refractivity contribution in [3.05, 3.63) is 72.9 Å². The molecule has 3 fully saturated rings. The summed E-state index contributed by atoms with van der Waals surface area (Å²) in [7, 11) is 0. The summed E-state index contributed by atoms with van der Waals surface area (Å²) in [5.74, 6) is -0.329. The Balaban J connectivity index is 1.52. The fourth-order valence-electron chi connectivity index (χ4n) is 9.96. The van der Waals surface area contributed by atoms with Crippen LogP contribution in [0.3, 0.4) is 0 Å². The standard InChI is InChI=1S/C62H107NO18/c1-3-5-7-9-11-13-15-17-19-20-21-22-23-24-26-27-29-31-33-35-37-39-46(67)45(63-50(68)40-38-36-34-32-30-28-25-18-16-14-12-10-8-6-4-2)44-76-60-56(74)53(71)58(48(42-65)78-60)81-62-57(75)54(72)59(49(43-66)79-62)80-61-55(73)52(70)51(69)47(41-64)77-61/h6,8,12,14,18,25,29-32,37,39,45-49,51-62,64-67,69-75H,3-5,7,9-11,13,15-17,19-24,26-28,33-36,38,40-44H2,1-2H3,(H,63,68)/b8-6-,14-12-,25-18-,31-29+,32-30-,39-37+. The minimum atomic E-state index is -1.99. The third-order valence-electron chi connectivity index (χ3n) is 15.0. The third-order valence-corrected chi connectivity index (χ3v) is 15.0. The second kappa shape index (κ2) is 44.7. The van der Waals surface area contributed by atoms with Crippen molar-refractivity contribution in [2.75, 3.05) is 26.4 Å². The number of allylic oxidation sites excluding steroid dienone is 11. The molecule has 468 valence electrons. The zero-order chi connectivity index (χ0) is 59.0. The molecular formula is C62H107NO18. The van der Waals surface area contributed by atoms with E-state index in [1.54, 1.807) is 6.08 Å². The van der Waals surface area contributed by atoms with Gasteiger partial charge in [0.15, 0.2) is 18.9 Å². The summed E-state index contributed by atoms with van der Waals surface area (Å²) in [4.78, 5) is 13.3. The van der Waals surface area contributed by atoms with E-state index in [-0.39, 0.29) is 18.9 Å². The molecule has 19 nitrogen and oxygen atoms in total. The van der Waals surface area contributed by atoms with Gasteiger partial charge in [0.1, 0.15) is 73.2 Å². The first kappa shape index (κ1) is 72.5. The molecule has 3 aliphatic rings. The topological polar surface area (TPSA) is 307 Å². The van der Waals surface area contributed by atoms with Crippen molar-refractivity contribution in [2.24, 2.45) is 0 Å². The quantitative estimate of drug-likeness (QED) is 0.0253. The van der Waals surface area contributed by atoms with Crippen molar-refractivity contribution in [3.63, 3.8) is 0 Å². The van der Waals surface area contributed by atoms with E-state index >= 15 is 0 Å². The van der Waals surface area contributed by atoms with Crippen molar-refractivity contribution >= 4 is 5.91 Å². The molecule has 19 heteroatoms. The molecular weight excluding hydrogens is 1050 g/mol. The number of aliphatic hydroxyl groups is 11. The normalized spacial score (nSPS) is 30.3. The Kier molecular flexibility index (Phi) is 40.0. The average molecular weight is 1150 g/mol. The second-order valence-corrected chi connectivity index (χ2v) is 21.8. The first-order valence-corrected chi connectivity index (χ1v) is 30.7. The maximum atomic E-state index is 13.3. The summed E-state index contributed by atoms with van der Waals surface area (Å²) in [6.45, 7) is 1.54. The van der Waals surface area contributed by atoms with Gasteiger partial charge in [0.05, 0.1) is 38.6 Å². The molecule has 17 atom stereocenters. The van der Waals surface area contributed by atoms with Crippen LogP contribution in [0.4, 0.5) is 0 Å². The maximum absolute atomic E-state index is 13.3. The Morgan fingerprint density at radius 3 is 1.38 bits per heavy atom. The predicted molar refractivity (Wildman–Crippen MR) is 309 cm³/mol. The third kappa shape index (κ3) is 28.3. The van der Waals surface area contributed by atoms with Crippen LogP contribution < -0.4 is 5.32 Å². The fraction of sp³-hybridized carbons (Fsp3) is 0.790. The number of carbonyl (C=O) groups excluding carboxylic acids is 1. The number of hydrogen-bond acceptors (Lipinski definition) is 18. The van der Waals surface area contributed by atoms with Crippen molar-refractivity contribution < 1.29 is 89.4 Å². The van der Waals surface area contributed by atoms with Crippen LogP contribution in [0.5, 0.6) is 0 Å². The molecule has 3 rings (SSSR count). The highest BCUT2D eigenvalue weighted by atomic mass is 16.8. The zero-order valence-corrected chi connectivity index (χ0v) is 48.7. The molecule has 0 aromatic rings. The molecule has 12 N–H and O–H groups in total. The summed E-state index contributed by atoms with van der Waals surface area (Å²) in [6.07, 6.45) is 26.1. The summed E-state index contributed by atoms with van der Waals surface area (Å²) < 4.78 is 34.2. The molecule has 3 saturated heterocycles. The van der Waals surface area contributed by atoms with Crippen LogP contribution in [-0.4, -0.2) is 193 Å². The molecule has 0 saturated carbocycles. The first-order chi connectivity index (χ1) is 39.3. The SMILES string of the molecule is CC/C=C\C/C=C\C/C=C\C/C=C\CCCCC(=O)NC(COC1OC(CO)C(OC2OC(CO)C(OC3OC(CO)C(O)C(O)C3O)C(O)C2O)C(O)C1O)C(O)/C=C/CC/C=C/CCCCCCCCCCCCCCCCC. The van der Waals surface area contributed by atoms with Gasteiger partial charge < -0.3 is 89.9 Å². The average Bonchev–Trinajstić information content (AvgIpc) is 3.52. The predicted octanol–water partition coefficient (Wildman–Crippen LogP) is 5.82. The van der Waals surface area contributed by atoms with Crippen LogP contribution in [0.1, 0.15) is 181 Å². The minimum Gasteiger partial charge on any atom is -0.394 e. The van der Waals surface area contributed by atoms with Crippen LogP contribution in [-0.2, 0) is 33.2 Å². The molecule has 0 aromatic heterocycles. The Bertz CT molecular complexity index is 1760. The van der Waals surface area contributed by atoms with E-state index in [1.165, 1.54) is 89.9 Å². The molecule has 81 heavy (non-hydrogen) atoms. The Hall–Kier alpha value is -2.77. The minimum absolute atomic E-state index is 0.180. The second-order valence-electron chi connectivity index (χ2n) is 21.8. The Morgan fingerprint density at radius 2 is 0.864 bits per heavy atom. The molecule has 1 amide bonds. The lowest BCUT2D eigenvalue weighted by Crippen LogP contribution is -2.66. The maximum Gasteiger partial charge on any atom is 0.220 e. The molecule has 17 unspecified atom stereocenters. The van der Waals surface area contributed by atoms with Gasteiger partial charge in [-0.05, 0) is 70.6 Å². The number of rotatable bonds is 44. The van der Waals surface area contributed by atoms with Gasteiger partial charge in [0, 0.05) is 6.42 Å². The Morgan fingerprint density at radius 1 is 0.457 bits per heavy atom. The van der Waals surface area contributed by atoms with E-state index < -0.39 is 124 Å². The number of ether oxygens (including phenoxy) is 6. The van der Waals surface area contributed by atoms with Crippen molar-refractivity contribution in [2.45, 2.75) is 285 Å². The molecule has 0 bridgehead atoms. The number of amides is 1. The van der Waals surface area contributed by atoms with Crippen LogP contribution in [0.2, 0.25) is 0 Å². The molecule has 3 heterocycles. The van der Waals surface area contributed by atoms with Gasteiger partial charge in [-0.15, -0.1) is 0 Å². The lowest BCUT2D eigenvalue weighted by Gasteiger charge is -2.48. The number of carbonyl (C=O) groups is 1. The van der Waals surface area contributed by atoms with Crippen LogP contribution in [0.15, 0.2) is 72.9 Å². The lowest BCUT2D eigenvalue weighted by atomic mass is 9.96. The van der Waals surface area contributed by atoms with Gasteiger partial charge in [-0.1, -0.05) is 177 Å². The lowest BCUT2D eigenvalue weighted by molar-refractivity contribution is -0.379. The first-order valence-electron chi connectivity index (χ1n) is 30.7. The monoisotopic (exact) mass is 1150 g/mol. The summed E-state index contributed by atoms with van der Waals surface area (Å²) in [5, 5.41) is 120. The van der Waals surface area contributed by atoms with E-state index in [9.17, 15) is 61.0 Å². The number of unbranched alkanes of at least 4 members (excludes halogenated alkanes) is 18. The van der Waals surface area contributed by atoms with Crippen molar-refractivity contribution in [3.8, 4) is 0 Å². The molecule has 3 aliphatic heterocycles. The molecule has 0 spiro atoms. The van der Waals surface area contributed by atoms with E-state index in [2.05, 4.69) is 79.9 Å². The number of hydrogen-bond donors (Lipinski definition) is 12. The van der Waals surface area contributed by atoms with Crippen LogP contribution >= 0.6 is 0 Å². The van der Waals surface area contributed by atoms with Crippen LogP contribution in [0, 0.1) is 0 Å². The largest absolute Gasteiger partial charge is 0.394 e. The van der Waals surface area contributed by atoms with Gasteiger partial charge in [-0.25, -0.2) is 0 Å². The van der Waals surface area contributed by atoms with E-state index in [0.717, 1.165) is 57.8 Å². The number of aliphatic hydroxyl groups excluding tert-OH is 11. The van der Waals surface area contributed by atoms with E-state index in [4.69, 9.17) is 28.4 Å². The fourth-order valence-corrected chi connectivity index (χ4v) is 9.96. The van der Waals surface area contributed by atoms with Gasteiger partial charge in [-0.2, -0.15) is 0 Å². The van der Waals surface area contributed by atoms with Gasteiger partial charge in [0.25, 0.3) is 0 Å². The van der Waals surface area contributed by atoms with Gasteiger partial charge >= 0.3 is 0 Å². The van der Waals surface area contributed by atoms with Crippen molar-refractivity contribution in [1.29, 1.82) is 0 Å². The molecule has 0 aliphatic carbocycles. The summed E-state index contributed by atoms with van der Waals surface area (Å²) >= 11 is 0. The number of nitrogens with one attached hydrogen (secondary N) is 1. The van der Waals surface area contributed by atoms with Gasteiger partial charge in [0.2, 0.25) is 5.91 Å². The highest BCUT2D eigenvalue weighted by Gasteiger charge is 2.53. The molecule has 0 aromatic carbocycles. The van der Waals surface area contributed by atoms with Gasteiger partial charge in [-0.3, -0.25) is 4.79 Å². The van der Waals surface area contributed by atoms with Crippen LogP contribution in [0.25, 0.3) is 0 Å². The zero-order valence-electron chi connectivity index (χ0n) is 48.7.